The number of rotatable bonds is 4. The van der Waals surface area contributed by atoms with Gasteiger partial charge in [0.25, 0.3) is 0 Å². The van der Waals surface area contributed by atoms with E-state index in [9.17, 15) is 5.11 Å². The maximum absolute atomic E-state index is 10.5. The van der Waals surface area contributed by atoms with E-state index in [1.807, 2.05) is 53.1 Å². The molecule has 0 aliphatic rings. The van der Waals surface area contributed by atoms with Gasteiger partial charge < -0.3 is 14.4 Å². The molecule has 4 nitrogen and oxygen atoms in total. The molecule has 4 heteroatoms. The number of aliphatic hydroxyl groups is 1. The number of methoxy groups -OCH3 is 1. The molecule has 0 unspecified atom stereocenters. The summed E-state index contributed by atoms with van der Waals surface area (Å²) in [5, 5.41) is 10.5. The Hall–Kier alpha value is -2.33. The van der Waals surface area contributed by atoms with Crippen LogP contribution in [0.3, 0.4) is 0 Å². The highest BCUT2D eigenvalue weighted by Gasteiger charge is 2.25. The average molecular weight is 296 g/mol. The first-order chi connectivity index (χ1) is 10.5. The molecule has 1 N–H and O–H groups in total. The van der Waals surface area contributed by atoms with E-state index in [4.69, 9.17) is 4.74 Å². The zero-order valence-electron chi connectivity index (χ0n) is 13.1. The SMILES string of the molecule is COc1ccccc1Cn1c(C(C)(C)O)nc2ccccc21. The largest absolute Gasteiger partial charge is 0.496 e. The molecule has 3 aromatic rings. The fourth-order valence-electron chi connectivity index (χ4n) is 2.71. The Morgan fingerprint density at radius 1 is 1.09 bits per heavy atom. The molecule has 0 bridgehead atoms. The summed E-state index contributed by atoms with van der Waals surface area (Å²) in [6.45, 7) is 4.11. The Morgan fingerprint density at radius 3 is 2.50 bits per heavy atom. The maximum atomic E-state index is 10.5. The van der Waals surface area contributed by atoms with Gasteiger partial charge in [0.2, 0.25) is 0 Å². The lowest BCUT2D eigenvalue weighted by Gasteiger charge is -2.20. The minimum Gasteiger partial charge on any atom is -0.496 e. The van der Waals surface area contributed by atoms with E-state index >= 15 is 0 Å². The standard InChI is InChI=1S/C18H20N2O2/c1-18(2,21)17-19-14-9-5-6-10-15(14)20(17)12-13-8-4-7-11-16(13)22-3/h4-11,21H,12H2,1-3H3. The van der Waals surface area contributed by atoms with Crippen molar-refractivity contribution in [2.24, 2.45) is 0 Å². The Morgan fingerprint density at radius 2 is 1.77 bits per heavy atom. The topological polar surface area (TPSA) is 47.3 Å². The highest BCUT2D eigenvalue weighted by Crippen LogP contribution is 2.27. The van der Waals surface area contributed by atoms with Crippen molar-refractivity contribution in [2.45, 2.75) is 26.0 Å². The molecule has 1 heterocycles. The third-order valence-corrected chi connectivity index (χ3v) is 3.72. The molecule has 0 fully saturated rings. The summed E-state index contributed by atoms with van der Waals surface area (Å²) < 4.78 is 7.48. The van der Waals surface area contributed by atoms with Crippen LogP contribution in [0.4, 0.5) is 0 Å². The maximum Gasteiger partial charge on any atom is 0.141 e. The van der Waals surface area contributed by atoms with Crippen molar-refractivity contribution in [3.05, 3.63) is 59.9 Å². The average Bonchev–Trinajstić information content (AvgIpc) is 2.87. The number of para-hydroxylation sites is 3. The molecule has 0 aliphatic heterocycles. The van der Waals surface area contributed by atoms with Gasteiger partial charge in [-0.25, -0.2) is 4.98 Å². The highest BCUT2D eigenvalue weighted by molar-refractivity contribution is 5.76. The van der Waals surface area contributed by atoms with Gasteiger partial charge in [-0.3, -0.25) is 0 Å². The van der Waals surface area contributed by atoms with E-state index < -0.39 is 5.60 Å². The number of hydrogen-bond donors (Lipinski definition) is 1. The Balaban J connectivity index is 2.17. The van der Waals surface area contributed by atoms with Gasteiger partial charge in [-0.1, -0.05) is 30.3 Å². The molecular weight excluding hydrogens is 276 g/mol. The first-order valence-electron chi connectivity index (χ1n) is 7.30. The summed E-state index contributed by atoms with van der Waals surface area (Å²) in [6, 6.07) is 15.8. The van der Waals surface area contributed by atoms with Crippen LogP contribution in [-0.4, -0.2) is 21.8 Å². The molecule has 1 aromatic heterocycles. The van der Waals surface area contributed by atoms with E-state index in [0.717, 1.165) is 22.3 Å². The van der Waals surface area contributed by atoms with Gasteiger partial charge >= 0.3 is 0 Å². The van der Waals surface area contributed by atoms with Gasteiger partial charge in [-0.15, -0.1) is 0 Å². The number of benzene rings is 2. The van der Waals surface area contributed by atoms with Crippen LogP contribution in [0.25, 0.3) is 11.0 Å². The summed E-state index contributed by atoms with van der Waals surface area (Å²) in [6.07, 6.45) is 0. The lowest BCUT2D eigenvalue weighted by Crippen LogP contribution is -2.22. The molecule has 114 valence electrons. The summed E-state index contributed by atoms with van der Waals surface area (Å²) in [7, 11) is 1.67. The van der Waals surface area contributed by atoms with Crippen molar-refractivity contribution in [3.8, 4) is 5.75 Å². The van der Waals surface area contributed by atoms with E-state index in [-0.39, 0.29) is 0 Å². The molecule has 22 heavy (non-hydrogen) atoms. The smallest absolute Gasteiger partial charge is 0.141 e. The second-order valence-electron chi connectivity index (χ2n) is 5.88. The number of nitrogens with zero attached hydrogens (tertiary/aromatic N) is 2. The van der Waals surface area contributed by atoms with Gasteiger partial charge in [0.05, 0.1) is 24.7 Å². The van der Waals surface area contributed by atoms with Crippen LogP contribution in [-0.2, 0) is 12.1 Å². The van der Waals surface area contributed by atoms with Crippen LogP contribution >= 0.6 is 0 Å². The number of aromatic nitrogens is 2. The van der Waals surface area contributed by atoms with E-state index in [0.29, 0.717) is 12.4 Å². The molecule has 0 radical (unpaired) electrons. The van der Waals surface area contributed by atoms with Crippen LogP contribution < -0.4 is 4.74 Å². The lowest BCUT2D eigenvalue weighted by atomic mass is 10.1. The second kappa shape index (κ2) is 5.46. The normalized spacial score (nSPS) is 11.8. The van der Waals surface area contributed by atoms with Crippen LogP contribution in [0.1, 0.15) is 25.2 Å². The van der Waals surface area contributed by atoms with Crippen LogP contribution in [0.15, 0.2) is 48.5 Å². The van der Waals surface area contributed by atoms with Crippen molar-refractivity contribution < 1.29 is 9.84 Å². The summed E-state index contributed by atoms with van der Waals surface area (Å²) in [5.41, 5.74) is 1.93. The molecule has 0 atom stereocenters. The minimum absolute atomic E-state index is 0.601. The zero-order chi connectivity index (χ0) is 15.7. The van der Waals surface area contributed by atoms with Crippen LogP contribution in [0.5, 0.6) is 5.75 Å². The molecule has 3 rings (SSSR count). The van der Waals surface area contributed by atoms with Gasteiger partial charge in [-0.2, -0.15) is 0 Å². The minimum atomic E-state index is -1.01. The van der Waals surface area contributed by atoms with Crippen LogP contribution in [0.2, 0.25) is 0 Å². The van der Waals surface area contributed by atoms with Crippen molar-refractivity contribution in [2.75, 3.05) is 7.11 Å². The quantitative estimate of drug-likeness (QED) is 0.803. The first-order valence-corrected chi connectivity index (χ1v) is 7.30. The number of imidazole rings is 1. The molecule has 0 saturated heterocycles. The molecule has 0 amide bonds. The monoisotopic (exact) mass is 296 g/mol. The van der Waals surface area contributed by atoms with E-state index in [2.05, 4.69) is 4.98 Å². The summed E-state index contributed by atoms with van der Waals surface area (Å²) >= 11 is 0. The van der Waals surface area contributed by atoms with Gasteiger partial charge in [0.1, 0.15) is 17.2 Å². The third-order valence-electron chi connectivity index (χ3n) is 3.72. The van der Waals surface area contributed by atoms with Crippen molar-refractivity contribution in [1.29, 1.82) is 0 Å². The van der Waals surface area contributed by atoms with Gasteiger partial charge in [0.15, 0.2) is 0 Å². The predicted octanol–water partition coefficient (Wildman–Crippen LogP) is 3.32. The molecule has 0 saturated carbocycles. The predicted molar refractivity (Wildman–Crippen MR) is 87.1 cm³/mol. The van der Waals surface area contributed by atoms with E-state index in [1.165, 1.54) is 0 Å². The lowest BCUT2D eigenvalue weighted by molar-refractivity contribution is 0.0657. The van der Waals surface area contributed by atoms with Crippen molar-refractivity contribution >= 4 is 11.0 Å². The third kappa shape index (κ3) is 2.57. The fraction of sp³-hybridized carbons (Fsp3) is 0.278. The van der Waals surface area contributed by atoms with Gasteiger partial charge in [-0.05, 0) is 32.0 Å². The second-order valence-corrected chi connectivity index (χ2v) is 5.88. The summed E-state index contributed by atoms with van der Waals surface area (Å²) in [4.78, 5) is 4.61. The molecule has 0 aliphatic carbocycles. The Kier molecular flexibility index (Phi) is 3.62. The number of fused-ring (bicyclic) bond motifs is 1. The van der Waals surface area contributed by atoms with Gasteiger partial charge in [0, 0.05) is 5.56 Å². The molecular formula is C18H20N2O2. The van der Waals surface area contributed by atoms with Crippen molar-refractivity contribution in [3.63, 3.8) is 0 Å². The number of ether oxygens (including phenoxy) is 1. The Bertz CT molecular complexity index is 800. The van der Waals surface area contributed by atoms with Crippen LogP contribution in [0, 0.1) is 0 Å². The fourth-order valence-corrected chi connectivity index (χ4v) is 2.71. The first kappa shape index (κ1) is 14.6. The molecule has 0 spiro atoms. The van der Waals surface area contributed by atoms with Crippen molar-refractivity contribution in [1.82, 2.24) is 9.55 Å². The van der Waals surface area contributed by atoms with E-state index in [1.54, 1.807) is 21.0 Å². The summed E-state index contributed by atoms with van der Waals surface area (Å²) in [5.74, 6) is 1.49. The Labute approximate surface area is 130 Å². The molecule has 2 aromatic carbocycles. The zero-order valence-corrected chi connectivity index (χ0v) is 13.1. The highest BCUT2D eigenvalue weighted by atomic mass is 16.5. The number of hydrogen-bond acceptors (Lipinski definition) is 3.